The summed E-state index contributed by atoms with van der Waals surface area (Å²) in [5.41, 5.74) is 3.03. The number of rotatable bonds is 22. The third kappa shape index (κ3) is 14.2. The van der Waals surface area contributed by atoms with E-state index in [9.17, 15) is 13.2 Å². The summed E-state index contributed by atoms with van der Waals surface area (Å²) in [5, 5.41) is 4.65. The average Bonchev–Trinajstić information content (AvgIpc) is 3.11. The molecule has 0 aliphatic heterocycles. The van der Waals surface area contributed by atoms with Gasteiger partial charge in [-0.25, -0.2) is 13.1 Å². The van der Waals surface area contributed by atoms with Gasteiger partial charge in [0.25, 0.3) is 0 Å². The maximum Gasteiger partial charge on any atom is 0.248 e. The number of pyridine rings is 1. The van der Waals surface area contributed by atoms with Gasteiger partial charge in [-0.3, -0.25) is 9.69 Å². The van der Waals surface area contributed by atoms with Gasteiger partial charge in [0.1, 0.15) is 12.4 Å². The Morgan fingerprint density at radius 1 is 0.839 bits per heavy atom. The topological polar surface area (TPSA) is 122 Å². The molecule has 56 heavy (non-hydrogen) atoms. The lowest BCUT2D eigenvalue weighted by atomic mass is 10.0. The van der Waals surface area contributed by atoms with Crippen LogP contribution in [0, 0.1) is 0 Å². The molecule has 3 N–H and O–H groups in total. The number of ether oxygens (including phenoxy) is 2. The van der Waals surface area contributed by atoms with Crippen LogP contribution in [0.15, 0.2) is 88.6 Å². The van der Waals surface area contributed by atoms with Crippen LogP contribution in [0.1, 0.15) is 90.0 Å². The van der Waals surface area contributed by atoms with Gasteiger partial charge in [0.15, 0.2) is 8.32 Å². The number of aromatic amines is 1. The van der Waals surface area contributed by atoms with Crippen molar-refractivity contribution in [2.45, 2.75) is 115 Å². The lowest BCUT2D eigenvalue weighted by Gasteiger charge is -2.39. The summed E-state index contributed by atoms with van der Waals surface area (Å²) < 4.78 is 47.5. The molecule has 4 aromatic rings. The fourth-order valence-corrected chi connectivity index (χ4v) is 8.92. The van der Waals surface area contributed by atoms with Crippen LogP contribution in [-0.4, -0.2) is 72.1 Å². The second-order valence-electron chi connectivity index (χ2n) is 17.4. The summed E-state index contributed by atoms with van der Waals surface area (Å²) in [6, 6.07) is 24.7. The van der Waals surface area contributed by atoms with E-state index in [1.807, 2.05) is 76.3 Å². The molecule has 0 amide bonds. The van der Waals surface area contributed by atoms with Gasteiger partial charge in [0, 0.05) is 43.2 Å². The molecule has 0 aliphatic rings. The number of aromatic nitrogens is 1. The SMILES string of the molecule is CN(CCOCCCCCCNCC(O[Si](C)(C)C(C)(C)C)c1ccc(OCc2ccccc2)c2[nH]c(=O)ccc12)Cc1cccc(S(=O)(=O)NC(C)(C)C)c1. The smallest absolute Gasteiger partial charge is 0.248 e. The zero-order valence-electron chi connectivity index (χ0n) is 35.2. The van der Waals surface area contributed by atoms with Gasteiger partial charge >= 0.3 is 0 Å². The molecule has 1 unspecified atom stereocenters. The summed E-state index contributed by atoms with van der Waals surface area (Å²) in [5.74, 6) is 0.644. The van der Waals surface area contributed by atoms with Crippen LogP contribution in [0.3, 0.4) is 0 Å². The van der Waals surface area contributed by atoms with Crippen molar-refractivity contribution < 1.29 is 22.3 Å². The van der Waals surface area contributed by atoms with E-state index in [2.05, 4.69) is 59.9 Å². The van der Waals surface area contributed by atoms with E-state index < -0.39 is 23.9 Å². The van der Waals surface area contributed by atoms with Gasteiger partial charge in [-0.1, -0.05) is 82.1 Å². The van der Waals surface area contributed by atoms with E-state index in [0.29, 0.717) is 37.6 Å². The van der Waals surface area contributed by atoms with Crippen molar-refractivity contribution in [1.82, 2.24) is 19.9 Å². The Morgan fingerprint density at radius 3 is 2.27 bits per heavy atom. The molecule has 0 saturated heterocycles. The van der Waals surface area contributed by atoms with Crippen molar-refractivity contribution in [3.63, 3.8) is 0 Å². The number of fused-ring (bicyclic) bond motifs is 1. The fourth-order valence-electron chi connectivity index (χ4n) is 6.16. The van der Waals surface area contributed by atoms with Gasteiger partial charge < -0.3 is 24.2 Å². The maximum absolute atomic E-state index is 12.8. The molecule has 1 aromatic heterocycles. The molecule has 3 aromatic carbocycles. The number of nitrogens with one attached hydrogen (secondary N) is 3. The predicted molar refractivity (Wildman–Crippen MR) is 231 cm³/mol. The first-order valence-corrected chi connectivity index (χ1v) is 24.3. The first-order chi connectivity index (χ1) is 26.3. The molecule has 0 radical (unpaired) electrons. The standard InChI is InChI=1S/C44H66N4O6SSi/c1-43(2,3)47-55(50,51)36-21-17-20-35(30-36)32-48(7)27-29-52-28-16-11-10-15-26-45-31-40(54-56(8,9)44(4,5)6)37-22-24-39(42-38(37)23-25-41(49)46-42)53-33-34-18-13-12-14-19-34/h12-14,17-25,30,40,45,47H,10-11,15-16,26-29,31-33H2,1-9H3,(H,46,49). The summed E-state index contributed by atoms with van der Waals surface area (Å²) >= 11 is 0. The predicted octanol–water partition coefficient (Wildman–Crippen LogP) is 8.55. The number of unbranched alkanes of at least 4 members (excludes halogenated alkanes) is 3. The van der Waals surface area contributed by atoms with Crippen LogP contribution in [0.4, 0.5) is 0 Å². The van der Waals surface area contributed by atoms with E-state index in [0.717, 1.165) is 67.5 Å². The third-order valence-corrected chi connectivity index (χ3v) is 16.4. The summed E-state index contributed by atoms with van der Waals surface area (Å²) in [7, 11) is -3.70. The second kappa shape index (κ2) is 20.4. The minimum absolute atomic E-state index is 0.0343. The van der Waals surface area contributed by atoms with Crippen LogP contribution in [0.25, 0.3) is 10.9 Å². The minimum Gasteiger partial charge on any atom is -0.487 e. The lowest BCUT2D eigenvalue weighted by Crippen LogP contribution is -2.43. The second-order valence-corrected chi connectivity index (χ2v) is 23.8. The van der Waals surface area contributed by atoms with Gasteiger partial charge in [-0.2, -0.15) is 0 Å². The number of sulfonamides is 1. The number of benzene rings is 3. The Morgan fingerprint density at radius 2 is 1.55 bits per heavy atom. The molecular formula is C44H66N4O6SSi. The Bertz CT molecular complexity index is 1990. The van der Waals surface area contributed by atoms with E-state index in [4.69, 9.17) is 13.9 Å². The van der Waals surface area contributed by atoms with Crippen molar-refractivity contribution in [2.75, 3.05) is 39.9 Å². The molecule has 12 heteroatoms. The van der Waals surface area contributed by atoms with Crippen molar-refractivity contribution in [3.05, 3.63) is 106 Å². The molecule has 0 aliphatic carbocycles. The Kier molecular flexibility index (Phi) is 16.5. The normalized spacial score (nSPS) is 13.4. The van der Waals surface area contributed by atoms with E-state index in [1.54, 1.807) is 24.3 Å². The van der Waals surface area contributed by atoms with Crippen LogP contribution < -0.4 is 20.3 Å². The number of nitrogens with zero attached hydrogens (tertiary/aromatic N) is 1. The third-order valence-electron chi connectivity index (χ3n) is 10.2. The molecule has 0 saturated carbocycles. The molecule has 1 heterocycles. The Labute approximate surface area is 336 Å². The van der Waals surface area contributed by atoms with Gasteiger partial charge in [0.2, 0.25) is 15.6 Å². The number of H-pyrrole nitrogens is 1. The van der Waals surface area contributed by atoms with Gasteiger partial charge in [-0.05, 0) is 106 Å². The van der Waals surface area contributed by atoms with Crippen molar-refractivity contribution >= 4 is 29.2 Å². The molecular weight excluding hydrogens is 741 g/mol. The number of likely N-dealkylation sites (N-methyl/N-ethyl adjacent to an activating group) is 1. The molecule has 4 rings (SSSR count). The molecule has 10 nitrogen and oxygen atoms in total. The van der Waals surface area contributed by atoms with Gasteiger partial charge in [-0.15, -0.1) is 0 Å². The van der Waals surface area contributed by atoms with E-state index in [1.165, 1.54) is 0 Å². The summed E-state index contributed by atoms with van der Waals surface area (Å²) in [6.07, 6.45) is 4.06. The zero-order chi connectivity index (χ0) is 41.0. The first kappa shape index (κ1) is 45.3. The zero-order valence-corrected chi connectivity index (χ0v) is 37.0. The van der Waals surface area contributed by atoms with Crippen LogP contribution >= 0.6 is 0 Å². The molecule has 308 valence electrons. The highest BCUT2D eigenvalue weighted by Gasteiger charge is 2.39. The lowest BCUT2D eigenvalue weighted by molar-refractivity contribution is 0.106. The molecule has 1 atom stereocenters. The average molecular weight is 807 g/mol. The highest BCUT2D eigenvalue weighted by molar-refractivity contribution is 7.89. The van der Waals surface area contributed by atoms with Gasteiger partial charge in [0.05, 0.1) is 23.1 Å². The van der Waals surface area contributed by atoms with E-state index >= 15 is 0 Å². The quantitative estimate of drug-likeness (QED) is 0.0534. The van der Waals surface area contributed by atoms with Crippen molar-refractivity contribution in [3.8, 4) is 5.75 Å². The molecule has 0 fully saturated rings. The Hall–Kier alpha value is -3.36. The highest BCUT2D eigenvalue weighted by Crippen LogP contribution is 2.41. The number of hydrogen-bond acceptors (Lipinski definition) is 8. The van der Waals surface area contributed by atoms with Crippen molar-refractivity contribution in [1.29, 1.82) is 0 Å². The first-order valence-electron chi connectivity index (χ1n) is 19.9. The fraction of sp³-hybridized carbons (Fsp3) is 0.523. The largest absolute Gasteiger partial charge is 0.487 e. The maximum atomic E-state index is 12.8. The monoisotopic (exact) mass is 806 g/mol. The number of hydrogen-bond donors (Lipinski definition) is 3. The van der Waals surface area contributed by atoms with Crippen molar-refractivity contribution in [2.24, 2.45) is 0 Å². The molecule has 0 bridgehead atoms. The Balaban J connectivity index is 1.23. The minimum atomic E-state index is -3.57. The summed E-state index contributed by atoms with van der Waals surface area (Å²) in [6.45, 7) is 21.5. The summed E-state index contributed by atoms with van der Waals surface area (Å²) in [4.78, 5) is 18.0. The van der Waals surface area contributed by atoms with Crippen LogP contribution in [0.5, 0.6) is 5.75 Å². The van der Waals surface area contributed by atoms with Crippen LogP contribution in [-0.2, 0) is 32.3 Å². The van der Waals surface area contributed by atoms with E-state index in [-0.39, 0.29) is 21.6 Å². The highest BCUT2D eigenvalue weighted by atomic mass is 32.2. The molecule has 0 spiro atoms. The van der Waals surface area contributed by atoms with Crippen LogP contribution in [0.2, 0.25) is 18.1 Å².